The van der Waals surface area contributed by atoms with Crippen LogP contribution in [0.2, 0.25) is 0 Å². The van der Waals surface area contributed by atoms with Crippen LogP contribution >= 0.6 is 0 Å². The number of aliphatic hydroxyl groups is 1. The van der Waals surface area contributed by atoms with E-state index < -0.39 is 0 Å². The smallest absolute Gasteiger partial charge is 0.118 e. The van der Waals surface area contributed by atoms with Gasteiger partial charge in [-0.1, -0.05) is 25.0 Å². The van der Waals surface area contributed by atoms with Crippen molar-refractivity contribution < 1.29 is 9.84 Å². The maximum atomic E-state index is 9.66. The Hall–Kier alpha value is -1.06. The van der Waals surface area contributed by atoms with E-state index in [9.17, 15) is 5.11 Å². The van der Waals surface area contributed by atoms with Gasteiger partial charge in [0.15, 0.2) is 0 Å². The van der Waals surface area contributed by atoms with Crippen molar-refractivity contribution in [3.63, 3.8) is 0 Å². The molecule has 106 valence electrons. The van der Waals surface area contributed by atoms with Crippen LogP contribution in [0.15, 0.2) is 24.3 Å². The third kappa shape index (κ3) is 3.71. The summed E-state index contributed by atoms with van der Waals surface area (Å²) in [6.07, 6.45) is 4.85. The van der Waals surface area contributed by atoms with Crippen LogP contribution in [0.1, 0.15) is 31.2 Å². The molecule has 0 radical (unpaired) electrons. The molecular formula is C16H25NO2. The Morgan fingerprint density at radius 1 is 1.21 bits per heavy atom. The first-order valence-corrected chi connectivity index (χ1v) is 7.10. The molecule has 1 aliphatic rings. The van der Waals surface area contributed by atoms with Crippen LogP contribution in [0.25, 0.3) is 0 Å². The van der Waals surface area contributed by atoms with E-state index in [0.717, 1.165) is 31.7 Å². The lowest BCUT2D eigenvalue weighted by Crippen LogP contribution is -2.36. The van der Waals surface area contributed by atoms with E-state index in [1.165, 1.54) is 18.4 Å². The van der Waals surface area contributed by atoms with E-state index in [1.807, 2.05) is 12.1 Å². The summed E-state index contributed by atoms with van der Waals surface area (Å²) in [6.45, 7) is 2.22. The summed E-state index contributed by atoms with van der Waals surface area (Å²) in [5, 5.41) is 9.66. The minimum atomic E-state index is 0.140. The standard InChI is InChI=1S/C16H25NO2/c1-17(12-16(13-18)9-3-4-10-16)11-14-5-7-15(19-2)8-6-14/h5-8,18H,3-4,9-13H2,1-2H3. The van der Waals surface area contributed by atoms with E-state index in [0.29, 0.717) is 6.61 Å². The maximum absolute atomic E-state index is 9.66. The van der Waals surface area contributed by atoms with Crippen molar-refractivity contribution in [3.05, 3.63) is 29.8 Å². The number of hydrogen-bond acceptors (Lipinski definition) is 3. The van der Waals surface area contributed by atoms with E-state index in [-0.39, 0.29) is 5.41 Å². The van der Waals surface area contributed by atoms with Gasteiger partial charge in [0.25, 0.3) is 0 Å². The first-order valence-electron chi connectivity index (χ1n) is 7.10. The van der Waals surface area contributed by atoms with Gasteiger partial charge in [-0.25, -0.2) is 0 Å². The Labute approximate surface area is 116 Å². The van der Waals surface area contributed by atoms with Crippen molar-refractivity contribution in [2.75, 3.05) is 27.3 Å². The second-order valence-corrected chi connectivity index (χ2v) is 5.89. The third-order valence-corrected chi connectivity index (χ3v) is 4.22. The first kappa shape index (κ1) is 14.4. The zero-order valence-electron chi connectivity index (χ0n) is 12.1. The van der Waals surface area contributed by atoms with Crippen LogP contribution in [0.3, 0.4) is 0 Å². The molecule has 1 saturated carbocycles. The minimum Gasteiger partial charge on any atom is -0.497 e. The van der Waals surface area contributed by atoms with Crippen molar-refractivity contribution in [1.82, 2.24) is 4.90 Å². The fourth-order valence-corrected chi connectivity index (χ4v) is 3.16. The highest BCUT2D eigenvalue weighted by molar-refractivity contribution is 5.27. The predicted octanol–water partition coefficient (Wildman–Crippen LogP) is 2.68. The Kier molecular flexibility index (Phi) is 4.83. The molecule has 3 nitrogen and oxygen atoms in total. The molecule has 0 bridgehead atoms. The Balaban J connectivity index is 1.90. The van der Waals surface area contributed by atoms with Gasteiger partial charge >= 0.3 is 0 Å². The Bertz CT molecular complexity index is 382. The van der Waals surface area contributed by atoms with Crippen molar-refractivity contribution >= 4 is 0 Å². The first-order chi connectivity index (χ1) is 9.17. The third-order valence-electron chi connectivity index (χ3n) is 4.22. The summed E-state index contributed by atoms with van der Waals surface area (Å²) < 4.78 is 5.17. The predicted molar refractivity (Wildman–Crippen MR) is 77.3 cm³/mol. The average Bonchev–Trinajstić information content (AvgIpc) is 2.88. The molecule has 3 heteroatoms. The molecule has 0 saturated heterocycles. The number of nitrogens with zero attached hydrogens (tertiary/aromatic N) is 1. The summed E-state index contributed by atoms with van der Waals surface area (Å²) in [5.41, 5.74) is 1.43. The van der Waals surface area contributed by atoms with Gasteiger partial charge in [-0.05, 0) is 37.6 Å². The molecule has 0 aromatic heterocycles. The minimum absolute atomic E-state index is 0.140. The molecule has 1 aromatic rings. The normalized spacial score (nSPS) is 17.9. The van der Waals surface area contributed by atoms with Gasteiger partial charge in [0.05, 0.1) is 7.11 Å². The molecule has 0 heterocycles. The van der Waals surface area contributed by atoms with Crippen LogP contribution in [0.5, 0.6) is 5.75 Å². The van der Waals surface area contributed by atoms with Gasteiger partial charge in [0, 0.05) is 25.1 Å². The molecule has 0 spiro atoms. The van der Waals surface area contributed by atoms with Crippen LogP contribution in [-0.4, -0.2) is 37.3 Å². The molecule has 1 aromatic carbocycles. The van der Waals surface area contributed by atoms with Crippen molar-refractivity contribution in [2.45, 2.75) is 32.2 Å². The van der Waals surface area contributed by atoms with E-state index in [1.54, 1.807) is 7.11 Å². The van der Waals surface area contributed by atoms with Crippen molar-refractivity contribution in [3.8, 4) is 5.75 Å². The average molecular weight is 263 g/mol. The zero-order valence-corrected chi connectivity index (χ0v) is 12.1. The van der Waals surface area contributed by atoms with Gasteiger partial charge in [-0.2, -0.15) is 0 Å². The highest BCUT2D eigenvalue weighted by atomic mass is 16.5. The number of aliphatic hydroxyl groups excluding tert-OH is 1. The maximum Gasteiger partial charge on any atom is 0.118 e. The van der Waals surface area contributed by atoms with E-state index in [4.69, 9.17) is 4.74 Å². The van der Waals surface area contributed by atoms with Crippen LogP contribution in [0.4, 0.5) is 0 Å². The summed E-state index contributed by atoms with van der Waals surface area (Å²) in [4.78, 5) is 2.32. The molecular weight excluding hydrogens is 238 g/mol. The van der Waals surface area contributed by atoms with Gasteiger partial charge in [-0.15, -0.1) is 0 Å². The van der Waals surface area contributed by atoms with Crippen molar-refractivity contribution in [2.24, 2.45) is 5.41 Å². The molecule has 2 rings (SSSR count). The monoisotopic (exact) mass is 263 g/mol. The highest BCUT2D eigenvalue weighted by Crippen LogP contribution is 2.38. The van der Waals surface area contributed by atoms with Crippen LogP contribution in [0, 0.1) is 5.41 Å². The molecule has 1 aliphatic carbocycles. The molecule has 0 atom stereocenters. The fourth-order valence-electron chi connectivity index (χ4n) is 3.16. The molecule has 0 amide bonds. The van der Waals surface area contributed by atoms with Crippen LogP contribution < -0.4 is 4.74 Å². The molecule has 19 heavy (non-hydrogen) atoms. The summed E-state index contributed by atoms with van der Waals surface area (Å²) in [5.74, 6) is 0.897. The Morgan fingerprint density at radius 2 is 1.84 bits per heavy atom. The van der Waals surface area contributed by atoms with Gasteiger partial charge < -0.3 is 14.7 Å². The topological polar surface area (TPSA) is 32.7 Å². The number of methoxy groups -OCH3 is 1. The second kappa shape index (κ2) is 6.40. The Morgan fingerprint density at radius 3 is 2.37 bits per heavy atom. The summed E-state index contributed by atoms with van der Waals surface area (Å²) in [6, 6.07) is 8.21. The zero-order chi connectivity index (χ0) is 13.7. The van der Waals surface area contributed by atoms with Crippen molar-refractivity contribution in [1.29, 1.82) is 0 Å². The number of benzene rings is 1. The molecule has 0 aliphatic heterocycles. The fraction of sp³-hybridized carbons (Fsp3) is 0.625. The largest absolute Gasteiger partial charge is 0.497 e. The van der Waals surface area contributed by atoms with Crippen LogP contribution in [-0.2, 0) is 6.54 Å². The number of ether oxygens (including phenoxy) is 1. The van der Waals surface area contributed by atoms with Gasteiger partial charge in [-0.3, -0.25) is 0 Å². The molecule has 1 N–H and O–H groups in total. The number of rotatable bonds is 6. The summed E-state index contributed by atoms with van der Waals surface area (Å²) in [7, 11) is 3.83. The second-order valence-electron chi connectivity index (χ2n) is 5.89. The molecule has 0 unspecified atom stereocenters. The quantitative estimate of drug-likeness (QED) is 0.856. The summed E-state index contributed by atoms with van der Waals surface area (Å²) >= 11 is 0. The number of hydrogen-bond donors (Lipinski definition) is 1. The lowest BCUT2D eigenvalue weighted by molar-refractivity contribution is 0.0864. The lowest BCUT2D eigenvalue weighted by atomic mass is 9.86. The van der Waals surface area contributed by atoms with Gasteiger partial charge in [0.1, 0.15) is 5.75 Å². The van der Waals surface area contributed by atoms with E-state index in [2.05, 4.69) is 24.1 Å². The highest BCUT2D eigenvalue weighted by Gasteiger charge is 2.34. The van der Waals surface area contributed by atoms with E-state index >= 15 is 0 Å². The SMILES string of the molecule is COc1ccc(CN(C)CC2(CO)CCCC2)cc1. The molecule has 1 fully saturated rings. The lowest BCUT2D eigenvalue weighted by Gasteiger charge is -2.31. The van der Waals surface area contributed by atoms with Gasteiger partial charge in [0.2, 0.25) is 0 Å².